The van der Waals surface area contributed by atoms with Crippen LogP contribution in [0.5, 0.6) is 5.75 Å². The lowest BCUT2D eigenvalue weighted by Gasteiger charge is -2.28. The van der Waals surface area contributed by atoms with Gasteiger partial charge in [-0.15, -0.1) is 0 Å². The van der Waals surface area contributed by atoms with E-state index in [2.05, 4.69) is 6.07 Å². The minimum Gasteiger partial charge on any atom is -0.493 e. The van der Waals surface area contributed by atoms with E-state index < -0.39 is 0 Å². The van der Waals surface area contributed by atoms with Crippen molar-refractivity contribution in [2.24, 2.45) is 5.92 Å². The number of likely N-dealkylation sites (tertiary alicyclic amines) is 1. The van der Waals surface area contributed by atoms with Crippen molar-refractivity contribution in [2.75, 3.05) is 32.8 Å². The molecular weight excluding hydrogens is 292 g/mol. The first-order valence-corrected chi connectivity index (χ1v) is 8.36. The number of quaternary nitrogens is 1. The van der Waals surface area contributed by atoms with Gasteiger partial charge in [0.25, 0.3) is 0 Å². The number of hydrogen-bond acceptors (Lipinski definition) is 4. The summed E-state index contributed by atoms with van der Waals surface area (Å²) in [7, 11) is 0. The Morgan fingerprint density at radius 3 is 2.87 bits per heavy atom. The highest BCUT2D eigenvalue weighted by Crippen LogP contribution is 2.12. The smallest absolute Gasteiger partial charge is 0.314 e. The maximum atomic E-state index is 11.8. The summed E-state index contributed by atoms with van der Waals surface area (Å²) < 4.78 is 10.8. The summed E-state index contributed by atoms with van der Waals surface area (Å²) in [5.41, 5.74) is 0.639. The summed E-state index contributed by atoms with van der Waals surface area (Å²) >= 11 is 0. The van der Waals surface area contributed by atoms with Crippen LogP contribution in [0.25, 0.3) is 0 Å². The van der Waals surface area contributed by atoms with E-state index in [-0.39, 0.29) is 11.9 Å². The Balaban J connectivity index is 1.67. The standard InChI is InChI=1S/C18H24N2O3/c1-2-22-18(21)16-5-3-10-20(14-16)11-4-12-23-17-8-6-15(13-19)7-9-17/h6-9,16H,2-5,10-12,14H2,1H3/p+1/t16-/m0/s1. The van der Waals surface area contributed by atoms with Gasteiger partial charge in [0.15, 0.2) is 0 Å². The molecule has 1 heterocycles. The van der Waals surface area contributed by atoms with Gasteiger partial charge in [-0.25, -0.2) is 0 Å². The Hall–Kier alpha value is -2.06. The molecule has 5 heteroatoms. The molecular formula is C18H25N2O3+. The predicted molar refractivity (Wildman–Crippen MR) is 86.2 cm³/mol. The van der Waals surface area contributed by atoms with Crippen molar-refractivity contribution in [1.82, 2.24) is 0 Å². The second-order valence-electron chi connectivity index (χ2n) is 5.88. The van der Waals surface area contributed by atoms with E-state index in [1.54, 1.807) is 12.1 Å². The van der Waals surface area contributed by atoms with E-state index in [0.29, 0.717) is 18.8 Å². The largest absolute Gasteiger partial charge is 0.493 e. The molecule has 1 aliphatic rings. The molecule has 0 spiro atoms. The first-order chi connectivity index (χ1) is 11.2. The van der Waals surface area contributed by atoms with Crippen molar-refractivity contribution in [3.05, 3.63) is 29.8 Å². The molecule has 124 valence electrons. The Labute approximate surface area is 137 Å². The van der Waals surface area contributed by atoms with Gasteiger partial charge >= 0.3 is 5.97 Å². The molecule has 1 aliphatic heterocycles. The molecule has 0 bridgehead atoms. The lowest BCUT2D eigenvalue weighted by Crippen LogP contribution is -3.13. The van der Waals surface area contributed by atoms with E-state index in [1.807, 2.05) is 19.1 Å². The van der Waals surface area contributed by atoms with E-state index in [4.69, 9.17) is 14.7 Å². The van der Waals surface area contributed by atoms with Crippen LogP contribution < -0.4 is 9.64 Å². The van der Waals surface area contributed by atoms with Crippen molar-refractivity contribution in [3.63, 3.8) is 0 Å². The Morgan fingerprint density at radius 2 is 2.17 bits per heavy atom. The molecule has 1 fully saturated rings. The zero-order valence-electron chi connectivity index (χ0n) is 13.7. The van der Waals surface area contributed by atoms with Gasteiger partial charge in [0.05, 0.1) is 44.5 Å². The zero-order chi connectivity index (χ0) is 16.5. The number of carbonyl (C=O) groups excluding carboxylic acids is 1. The number of benzene rings is 1. The van der Waals surface area contributed by atoms with Crippen LogP contribution in [-0.4, -0.2) is 38.8 Å². The molecule has 2 atom stereocenters. The Morgan fingerprint density at radius 1 is 1.39 bits per heavy atom. The molecule has 1 aromatic carbocycles. The quantitative estimate of drug-likeness (QED) is 0.606. The van der Waals surface area contributed by atoms with Crippen molar-refractivity contribution in [1.29, 1.82) is 5.26 Å². The van der Waals surface area contributed by atoms with Crippen LogP contribution in [0.1, 0.15) is 31.7 Å². The molecule has 0 aromatic heterocycles. The third kappa shape index (κ3) is 5.57. The molecule has 0 amide bonds. The second-order valence-corrected chi connectivity index (χ2v) is 5.88. The third-order valence-electron chi connectivity index (χ3n) is 4.16. The molecule has 1 aromatic rings. The number of esters is 1. The number of piperidine rings is 1. The van der Waals surface area contributed by atoms with Crippen LogP contribution in [0.15, 0.2) is 24.3 Å². The number of nitrogens with zero attached hydrogens (tertiary/aromatic N) is 1. The van der Waals surface area contributed by atoms with Crippen LogP contribution >= 0.6 is 0 Å². The summed E-state index contributed by atoms with van der Waals surface area (Å²) in [5, 5.41) is 8.75. The number of hydrogen-bond donors (Lipinski definition) is 1. The molecule has 0 radical (unpaired) electrons. The fraction of sp³-hybridized carbons (Fsp3) is 0.556. The summed E-state index contributed by atoms with van der Waals surface area (Å²) in [5.74, 6) is 0.804. The Bertz CT molecular complexity index is 536. The highest BCUT2D eigenvalue weighted by atomic mass is 16.5. The lowest BCUT2D eigenvalue weighted by molar-refractivity contribution is -0.907. The van der Waals surface area contributed by atoms with Crippen molar-refractivity contribution < 1.29 is 19.2 Å². The highest BCUT2D eigenvalue weighted by Gasteiger charge is 2.29. The average Bonchev–Trinajstić information content (AvgIpc) is 2.60. The minimum absolute atomic E-state index is 0.0430. The van der Waals surface area contributed by atoms with Gasteiger partial charge in [-0.05, 0) is 44.0 Å². The topological polar surface area (TPSA) is 63.8 Å². The van der Waals surface area contributed by atoms with E-state index in [1.165, 1.54) is 4.90 Å². The number of ether oxygens (including phenoxy) is 2. The van der Waals surface area contributed by atoms with E-state index in [9.17, 15) is 4.79 Å². The molecule has 2 rings (SSSR count). The van der Waals surface area contributed by atoms with Gasteiger partial charge in [-0.1, -0.05) is 0 Å². The van der Waals surface area contributed by atoms with Gasteiger partial charge in [0.2, 0.25) is 0 Å². The van der Waals surface area contributed by atoms with Gasteiger partial charge in [-0.3, -0.25) is 4.79 Å². The van der Waals surface area contributed by atoms with Crippen LogP contribution in [0.2, 0.25) is 0 Å². The van der Waals surface area contributed by atoms with Crippen molar-refractivity contribution in [2.45, 2.75) is 26.2 Å². The van der Waals surface area contributed by atoms with Crippen molar-refractivity contribution in [3.8, 4) is 11.8 Å². The van der Waals surface area contributed by atoms with Crippen LogP contribution in [-0.2, 0) is 9.53 Å². The monoisotopic (exact) mass is 317 g/mol. The summed E-state index contributed by atoms with van der Waals surface area (Å²) in [6, 6.07) is 9.25. The van der Waals surface area contributed by atoms with Gasteiger partial charge in [0, 0.05) is 6.42 Å². The summed E-state index contributed by atoms with van der Waals surface area (Å²) in [4.78, 5) is 13.3. The SMILES string of the molecule is CCOC(=O)[C@H]1CCC[NH+](CCCOc2ccc(C#N)cc2)C1. The van der Waals surface area contributed by atoms with Gasteiger partial charge in [-0.2, -0.15) is 5.26 Å². The number of carbonyl (C=O) groups is 1. The molecule has 5 nitrogen and oxygen atoms in total. The van der Waals surface area contributed by atoms with Crippen molar-refractivity contribution >= 4 is 5.97 Å². The Kier molecular flexibility index (Phi) is 6.89. The normalized spacial score (nSPS) is 20.5. The first-order valence-electron chi connectivity index (χ1n) is 8.36. The number of nitrogens with one attached hydrogen (secondary N) is 1. The highest BCUT2D eigenvalue weighted by molar-refractivity contribution is 5.72. The predicted octanol–water partition coefficient (Wildman–Crippen LogP) is 1.19. The zero-order valence-corrected chi connectivity index (χ0v) is 13.7. The van der Waals surface area contributed by atoms with Crippen LogP contribution in [0, 0.1) is 17.2 Å². The maximum absolute atomic E-state index is 11.8. The van der Waals surface area contributed by atoms with Crippen LogP contribution in [0.4, 0.5) is 0 Å². The molecule has 1 unspecified atom stereocenters. The summed E-state index contributed by atoms with van der Waals surface area (Å²) in [6.45, 7) is 5.96. The second kappa shape index (κ2) is 9.16. The first kappa shape index (κ1) is 17.3. The van der Waals surface area contributed by atoms with E-state index in [0.717, 1.165) is 44.6 Å². The van der Waals surface area contributed by atoms with E-state index >= 15 is 0 Å². The average molecular weight is 317 g/mol. The number of nitriles is 1. The fourth-order valence-electron chi connectivity index (χ4n) is 2.98. The molecule has 0 aliphatic carbocycles. The lowest BCUT2D eigenvalue weighted by atomic mass is 9.98. The molecule has 23 heavy (non-hydrogen) atoms. The molecule has 0 saturated carbocycles. The third-order valence-corrected chi connectivity index (χ3v) is 4.16. The summed E-state index contributed by atoms with van der Waals surface area (Å²) in [6.07, 6.45) is 2.98. The van der Waals surface area contributed by atoms with Crippen LogP contribution in [0.3, 0.4) is 0 Å². The van der Waals surface area contributed by atoms with Gasteiger partial charge < -0.3 is 14.4 Å². The minimum atomic E-state index is -0.0430. The molecule has 1 N–H and O–H groups in total. The maximum Gasteiger partial charge on any atom is 0.314 e. The fourth-order valence-corrected chi connectivity index (χ4v) is 2.98. The number of rotatable bonds is 7. The molecule has 1 saturated heterocycles. The van der Waals surface area contributed by atoms with Gasteiger partial charge in [0.1, 0.15) is 11.7 Å².